The second-order valence-electron chi connectivity index (χ2n) is 4.61. The number of aromatic nitrogens is 2. The van der Waals surface area contributed by atoms with E-state index in [1.54, 1.807) is 23.5 Å². The molecule has 20 heavy (non-hydrogen) atoms. The Hall–Kier alpha value is -1.52. The third kappa shape index (κ3) is 2.30. The molecule has 2 nitrogen and oxygen atoms in total. The first-order chi connectivity index (χ1) is 9.58. The van der Waals surface area contributed by atoms with Crippen molar-refractivity contribution in [3.05, 3.63) is 45.7 Å². The van der Waals surface area contributed by atoms with Crippen LogP contribution in [0.1, 0.15) is 17.4 Å². The summed E-state index contributed by atoms with van der Waals surface area (Å²) in [5, 5.41) is 1.21. The molecule has 2 heterocycles. The summed E-state index contributed by atoms with van der Waals surface area (Å²) in [7, 11) is 0. The fourth-order valence-electron chi connectivity index (χ4n) is 2.04. The lowest BCUT2D eigenvalue weighted by molar-refractivity contribution is 0.629. The van der Waals surface area contributed by atoms with E-state index in [9.17, 15) is 4.39 Å². The Labute approximate surface area is 125 Å². The lowest BCUT2D eigenvalue weighted by atomic mass is 10.1. The monoisotopic (exact) mass is 306 g/mol. The summed E-state index contributed by atoms with van der Waals surface area (Å²) in [6, 6.07) is 6.89. The zero-order valence-electron chi connectivity index (χ0n) is 11.1. The van der Waals surface area contributed by atoms with E-state index in [2.05, 4.69) is 16.9 Å². The number of halogens is 2. The molecule has 0 bridgehead atoms. The minimum absolute atomic E-state index is 0.335. The number of thiophene rings is 1. The Kier molecular flexibility index (Phi) is 3.44. The Morgan fingerprint density at radius 1 is 1.25 bits per heavy atom. The summed E-state index contributed by atoms with van der Waals surface area (Å²) in [6.07, 6.45) is 0.922. The van der Waals surface area contributed by atoms with Crippen LogP contribution in [0.3, 0.4) is 0 Å². The standard InChI is InChI=1S/C15H12ClFN2S/c1-3-9-7-11-13(16)18-14(19-15(11)20-9)10-6-8(2)4-5-12(10)17/h4-7H,3H2,1-2H3. The number of benzene rings is 1. The molecule has 0 saturated heterocycles. The van der Waals surface area contributed by atoms with Crippen LogP contribution in [0.25, 0.3) is 21.6 Å². The third-order valence-corrected chi connectivity index (χ3v) is 4.57. The van der Waals surface area contributed by atoms with E-state index in [1.807, 2.05) is 13.0 Å². The van der Waals surface area contributed by atoms with Gasteiger partial charge >= 0.3 is 0 Å². The molecule has 0 N–H and O–H groups in total. The van der Waals surface area contributed by atoms with Crippen LogP contribution in [0.4, 0.5) is 4.39 Å². The zero-order chi connectivity index (χ0) is 14.3. The molecule has 2 aromatic heterocycles. The van der Waals surface area contributed by atoms with Crippen molar-refractivity contribution in [2.24, 2.45) is 0 Å². The van der Waals surface area contributed by atoms with Crippen LogP contribution in [-0.4, -0.2) is 9.97 Å². The highest BCUT2D eigenvalue weighted by atomic mass is 35.5. The number of aryl methyl sites for hydroxylation is 2. The summed E-state index contributed by atoms with van der Waals surface area (Å²) >= 11 is 7.78. The van der Waals surface area contributed by atoms with Gasteiger partial charge in [0.1, 0.15) is 15.8 Å². The summed E-state index contributed by atoms with van der Waals surface area (Å²) in [5.41, 5.74) is 1.35. The summed E-state index contributed by atoms with van der Waals surface area (Å²) < 4.78 is 13.9. The van der Waals surface area contributed by atoms with Crippen molar-refractivity contribution in [3.63, 3.8) is 0 Å². The second-order valence-corrected chi connectivity index (χ2v) is 6.08. The molecule has 3 rings (SSSR count). The largest absolute Gasteiger partial charge is 0.217 e. The van der Waals surface area contributed by atoms with Gasteiger partial charge in [-0.05, 0) is 31.5 Å². The molecule has 3 aromatic rings. The van der Waals surface area contributed by atoms with Crippen LogP contribution in [0.2, 0.25) is 5.15 Å². The number of fused-ring (bicyclic) bond motifs is 1. The van der Waals surface area contributed by atoms with Crippen molar-refractivity contribution in [2.75, 3.05) is 0 Å². The first-order valence-electron chi connectivity index (χ1n) is 6.31. The Morgan fingerprint density at radius 3 is 2.80 bits per heavy atom. The topological polar surface area (TPSA) is 25.8 Å². The van der Waals surface area contributed by atoms with Crippen LogP contribution in [0.5, 0.6) is 0 Å². The molecule has 5 heteroatoms. The van der Waals surface area contributed by atoms with Crippen molar-refractivity contribution < 1.29 is 4.39 Å². The highest BCUT2D eigenvalue weighted by Crippen LogP contribution is 2.32. The molecule has 0 unspecified atom stereocenters. The molecule has 0 aliphatic rings. The fraction of sp³-hybridized carbons (Fsp3) is 0.200. The predicted molar refractivity (Wildman–Crippen MR) is 81.9 cm³/mol. The van der Waals surface area contributed by atoms with Crippen molar-refractivity contribution in [3.8, 4) is 11.4 Å². The van der Waals surface area contributed by atoms with E-state index in [0.29, 0.717) is 16.5 Å². The minimum Gasteiger partial charge on any atom is -0.217 e. The van der Waals surface area contributed by atoms with Gasteiger partial charge in [-0.25, -0.2) is 14.4 Å². The van der Waals surface area contributed by atoms with Gasteiger partial charge < -0.3 is 0 Å². The number of nitrogens with zero attached hydrogens (tertiary/aromatic N) is 2. The van der Waals surface area contributed by atoms with Crippen molar-refractivity contribution in [2.45, 2.75) is 20.3 Å². The maximum absolute atomic E-state index is 13.9. The van der Waals surface area contributed by atoms with Crippen LogP contribution in [0.15, 0.2) is 24.3 Å². The van der Waals surface area contributed by atoms with Gasteiger partial charge in [-0.1, -0.05) is 30.2 Å². The lowest BCUT2D eigenvalue weighted by Gasteiger charge is -2.04. The van der Waals surface area contributed by atoms with Gasteiger partial charge in [0.05, 0.1) is 5.56 Å². The van der Waals surface area contributed by atoms with Crippen molar-refractivity contribution in [1.29, 1.82) is 0 Å². The Balaban J connectivity index is 2.24. The normalized spacial score (nSPS) is 11.2. The molecule has 0 spiro atoms. The van der Waals surface area contributed by atoms with E-state index in [-0.39, 0.29) is 5.82 Å². The quantitative estimate of drug-likeness (QED) is 0.621. The molecule has 0 atom stereocenters. The van der Waals surface area contributed by atoms with E-state index in [0.717, 1.165) is 22.2 Å². The van der Waals surface area contributed by atoms with Crippen LogP contribution < -0.4 is 0 Å². The lowest BCUT2D eigenvalue weighted by Crippen LogP contribution is -1.93. The second kappa shape index (κ2) is 5.11. The number of rotatable bonds is 2. The molecule has 1 aromatic carbocycles. The van der Waals surface area contributed by atoms with E-state index >= 15 is 0 Å². The van der Waals surface area contributed by atoms with E-state index in [4.69, 9.17) is 11.6 Å². The van der Waals surface area contributed by atoms with Crippen molar-refractivity contribution in [1.82, 2.24) is 9.97 Å². The van der Waals surface area contributed by atoms with Gasteiger partial charge in [-0.15, -0.1) is 11.3 Å². The molecule has 0 saturated carbocycles. The van der Waals surface area contributed by atoms with Gasteiger partial charge in [0.25, 0.3) is 0 Å². The summed E-state index contributed by atoms with van der Waals surface area (Å²) in [5.74, 6) is 0.00601. The van der Waals surface area contributed by atoms with Gasteiger partial charge in [0, 0.05) is 10.3 Å². The van der Waals surface area contributed by atoms with Crippen LogP contribution in [0, 0.1) is 12.7 Å². The SMILES string of the molecule is CCc1cc2c(Cl)nc(-c3cc(C)ccc3F)nc2s1. The fourth-order valence-corrected chi connectivity index (χ4v) is 3.29. The number of hydrogen-bond acceptors (Lipinski definition) is 3. The van der Waals surface area contributed by atoms with Crippen LogP contribution >= 0.6 is 22.9 Å². The molecule has 0 aliphatic heterocycles. The smallest absolute Gasteiger partial charge is 0.165 e. The molecular weight excluding hydrogens is 295 g/mol. The molecule has 0 aliphatic carbocycles. The third-order valence-electron chi connectivity index (χ3n) is 3.11. The van der Waals surface area contributed by atoms with Crippen LogP contribution in [-0.2, 0) is 6.42 Å². The van der Waals surface area contributed by atoms with Gasteiger partial charge in [0.2, 0.25) is 0 Å². The molecule has 0 fully saturated rings. The summed E-state index contributed by atoms with van der Waals surface area (Å²) in [6.45, 7) is 3.98. The molecule has 102 valence electrons. The van der Waals surface area contributed by atoms with Crippen molar-refractivity contribution >= 4 is 33.2 Å². The van der Waals surface area contributed by atoms with Gasteiger partial charge in [-0.2, -0.15) is 0 Å². The van der Waals surface area contributed by atoms with Gasteiger partial charge in [-0.3, -0.25) is 0 Å². The Morgan fingerprint density at radius 2 is 2.05 bits per heavy atom. The van der Waals surface area contributed by atoms with E-state index in [1.165, 1.54) is 10.9 Å². The van der Waals surface area contributed by atoms with E-state index < -0.39 is 0 Å². The molecular formula is C15H12ClFN2S. The highest BCUT2D eigenvalue weighted by molar-refractivity contribution is 7.18. The molecule has 0 radical (unpaired) electrons. The Bertz CT molecular complexity index is 798. The first-order valence-corrected chi connectivity index (χ1v) is 7.50. The number of hydrogen-bond donors (Lipinski definition) is 0. The average molecular weight is 307 g/mol. The predicted octanol–water partition coefficient (Wildman–Crippen LogP) is 5.02. The maximum Gasteiger partial charge on any atom is 0.165 e. The van der Waals surface area contributed by atoms with Gasteiger partial charge in [0.15, 0.2) is 5.82 Å². The highest BCUT2D eigenvalue weighted by Gasteiger charge is 2.14. The minimum atomic E-state index is -0.335. The zero-order valence-corrected chi connectivity index (χ0v) is 12.6. The average Bonchev–Trinajstić information content (AvgIpc) is 2.85. The molecule has 0 amide bonds. The summed E-state index contributed by atoms with van der Waals surface area (Å²) in [4.78, 5) is 10.7. The maximum atomic E-state index is 13.9. The first kappa shape index (κ1) is 13.5.